The molecular weight excluding hydrogens is 461 g/mol. The molecule has 0 aliphatic carbocycles. The molecule has 0 unspecified atom stereocenters. The van der Waals surface area contributed by atoms with Gasteiger partial charge < -0.3 is 10.1 Å². The predicted octanol–water partition coefficient (Wildman–Crippen LogP) is 3.23. The van der Waals surface area contributed by atoms with E-state index in [9.17, 15) is 23.6 Å². The SMILES string of the molecule is CCOC(=O)c1ccc(NC(=O)Cn2c(=O)n(Cc3ccc(F)cc3)c(=O)c3sccc32)cc1. The first-order valence-electron chi connectivity index (χ1n) is 10.4. The van der Waals surface area contributed by atoms with Gasteiger partial charge in [-0.15, -0.1) is 11.3 Å². The monoisotopic (exact) mass is 481 g/mol. The topological polar surface area (TPSA) is 99.4 Å². The predicted molar refractivity (Wildman–Crippen MR) is 127 cm³/mol. The van der Waals surface area contributed by atoms with E-state index in [0.29, 0.717) is 27.0 Å². The van der Waals surface area contributed by atoms with E-state index in [1.54, 1.807) is 30.5 Å². The summed E-state index contributed by atoms with van der Waals surface area (Å²) in [7, 11) is 0. The Morgan fingerprint density at radius 2 is 1.71 bits per heavy atom. The van der Waals surface area contributed by atoms with Crippen molar-refractivity contribution >= 4 is 39.1 Å². The van der Waals surface area contributed by atoms with Gasteiger partial charge in [-0.05, 0) is 60.3 Å². The van der Waals surface area contributed by atoms with Crippen LogP contribution >= 0.6 is 11.3 Å². The highest BCUT2D eigenvalue weighted by molar-refractivity contribution is 7.17. The molecular formula is C24H20FN3O5S. The van der Waals surface area contributed by atoms with Gasteiger partial charge in [0.1, 0.15) is 17.1 Å². The molecule has 0 aliphatic heterocycles. The summed E-state index contributed by atoms with van der Waals surface area (Å²) in [6, 6.07) is 13.3. The number of thiophene rings is 1. The number of carbonyl (C=O) groups is 2. The van der Waals surface area contributed by atoms with E-state index in [0.717, 1.165) is 4.57 Å². The molecule has 0 saturated carbocycles. The summed E-state index contributed by atoms with van der Waals surface area (Å²) in [4.78, 5) is 50.6. The summed E-state index contributed by atoms with van der Waals surface area (Å²) in [6.07, 6.45) is 0. The number of benzene rings is 2. The van der Waals surface area contributed by atoms with Gasteiger partial charge in [0.05, 0.1) is 24.2 Å². The van der Waals surface area contributed by atoms with Crippen molar-refractivity contribution in [3.63, 3.8) is 0 Å². The highest BCUT2D eigenvalue weighted by atomic mass is 32.1. The van der Waals surface area contributed by atoms with Crippen molar-refractivity contribution < 1.29 is 18.7 Å². The normalized spacial score (nSPS) is 10.9. The molecule has 4 aromatic rings. The Balaban J connectivity index is 1.60. The van der Waals surface area contributed by atoms with E-state index < -0.39 is 28.9 Å². The van der Waals surface area contributed by atoms with E-state index in [-0.39, 0.29) is 19.7 Å². The standard InChI is InChI=1S/C24H20FN3O5S/c1-2-33-23(31)16-5-9-18(10-6-16)26-20(29)14-27-19-11-12-34-21(19)22(30)28(24(27)32)13-15-3-7-17(25)8-4-15/h3-12H,2,13-14H2,1H3,(H,26,29). The fourth-order valence-electron chi connectivity index (χ4n) is 3.45. The molecule has 0 saturated heterocycles. The summed E-state index contributed by atoms with van der Waals surface area (Å²) in [5.74, 6) is -1.37. The number of hydrogen-bond acceptors (Lipinski definition) is 6. The number of hydrogen-bond donors (Lipinski definition) is 1. The number of anilines is 1. The average molecular weight is 482 g/mol. The molecule has 0 atom stereocenters. The van der Waals surface area contributed by atoms with E-state index in [2.05, 4.69) is 5.32 Å². The van der Waals surface area contributed by atoms with E-state index >= 15 is 0 Å². The zero-order chi connectivity index (χ0) is 24.2. The molecule has 174 valence electrons. The lowest BCUT2D eigenvalue weighted by atomic mass is 10.2. The number of fused-ring (bicyclic) bond motifs is 1. The Morgan fingerprint density at radius 1 is 1.00 bits per heavy atom. The largest absolute Gasteiger partial charge is 0.462 e. The van der Waals surface area contributed by atoms with Gasteiger partial charge in [-0.2, -0.15) is 0 Å². The number of halogens is 1. The highest BCUT2D eigenvalue weighted by Gasteiger charge is 2.17. The number of rotatable bonds is 7. The first kappa shape index (κ1) is 23.1. The number of carbonyl (C=O) groups excluding carboxylic acids is 2. The zero-order valence-electron chi connectivity index (χ0n) is 18.1. The molecule has 0 fully saturated rings. The lowest BCUT2D eigenvalue weighted by Crippen LogP contribution is -2.41. The molecule has 8 nitrogen and oxygen atoms in total. The van der Waals surface area contributed by atoms with Crippen LogP contribution in [-0.4, -0.2) is 27.6 Å². The molecule has 0 bridgehead atoms. The molecule has 0 aliphatic rings. The maximum Gasteiger partial charge on any atom is 0.338 e. The van der Waals surface area contributed by atoms with Gasteiger partial charge in [0.2, 0.25) is 5.91 Å². The minimum atomic E-state index is -0.645. The van der Waals surface area contributed by atoms with Crippen LogP contribution in [0.1, 0.15) is 22.8 Å². The van der Waals surface area contributed by atoms with Crippen LogP contribution < -0.4 is 16.6 Å². The van der Waals surface area contributed by atoms with E-state index in [1.807, 2.05) is 0 Å². The minimum Gasteiger partial charge on any atom is -0.462 e. The number of ether oxygens (including phenoxy) is 1. The van der Waals surface area contributed by atoms with Crippen molar-refractivity contribution in [2.24, 2.45) is 0 Å². The van der Waals surface area contributed by atoms with E-state index in [4.69, 9.17) is 4.74 Å². The van der Waals surface area contributed by atoms with Crippen LogP contribution in [0, 0.1) is 5.82 Å². The third-order valence-electron chi connectivity index (χ3n) is 5.07. The molecule has 2 heterocycles. The second-order valence-corrected chi connectivity index (χ2v) is 8.28. The Bertz CT molecular complexity index is 1470. The molecule has 1 amide bonds. The third kappa shape index (κ3) is 4.81. The molecule has 1 N–H and O–H groups in total. The third-order valence-corrected chi connectivity index (χ3v) is 5.96. The summed E-state index contributed by atoms with van der Waals surface area (Å²) in [5.41, 5.74) is 0.618. The second-order valence-electron chi connectivity index (χ2n) is 7.37. The van der Waals surface area contributed by atoms with Crippen molar-refractivity contribution in [2.75, 3.05) is 11.9 Å². The van der Waals surface area contributed by atoms with Crippen molar-refractivity contribution in [1.82, 2.24) is 9.13 Å². The smallest absolute Gasteiger partial charge is 0.338 e. The maximum atomic E-state index is 13.2. The Labute approximate surface area is 196 Å². The molecule has 10 heteroatoms. The molecule has 2 aromatic heterocycles. The quantitative estimate of drug-likeness (QED) is 0.409. The number of amides is 1. The van der Waals surface area contributed by atoms with Crippen LogP contribution in [0.4, 0.5) is 10.1 Å². The fraction of sp³-hybridized carbons (Fsp3) is 0.167. The van der Waals surface area contributed by atoms with Gasteiger partial charge in [0.15, 0.2) is 0 Å². The number of nitrogens with zero attached hydrogens (tertiary/aromatic N) is 2. The molecule has 34 heavy (non-hydrogen) atoms. The van der Waals surface area contributed by atoms with Gasteiger partial charge in [-0.1, -0.05) is 12.1 Å². The average Bonchev–Trinajstić information content (AvgIpc) is 3.31. The fourth-order valence-corrected chi connectivity index (χ4v) is 4.29. The Hall–Kier alpha value is -4.05. The van der Waals surface area contributed by atoms with Crippen molar-refractivity contribution in [2.45, 2.75) is 20.0 Å². The Kier molecular flexibility index (Phi) is 6.69. The lowest BCUT2D eigenvalue weighted by Gasteiger charge is -2.13. The Morgan fingerprint density at radius 3 is 2.38 bits per heavy atom. The number of nitrogens with one attached hydrogen (secondary N) is 1. The van der Waals surface area contributed by atoms with Gasteiger partial charge >= 0.3 is 11.7 Å². The van der Waals surface area contributed by atoms with Gasteiger partial charge in [0.25, 0.3) is 5.56 Å². The lowest BCUT2D eigenvalue weighted by molar-refractivity contribution is -0.116. The molecule has 0 spiro atoms. The van der Waals surface area contributed by atoms with Crippen molar-refractivity contribution in [3.05, 3.63) is 97.8 Å². The molecule has 4 rings (SSSR count). The van der Waals surface area contributed by atoms with Crippen LogP contribution in [0.15, 0.2) is 69.6 Å². The minimum absolute atomic E-state index is 0.0528. The van der Waals surface area contributed by atoms with Crippen LogP contribution in [0.3, 0.4) is 0 Å². The first-order chi connectivity index (χ1) is 16.4. The summed E-state index contributed by atoms with van der Waals surface area (Å²) < 4.78 is 20.8. The van der Waals surface area contributed by atoms with E-state index in [1.165, 1.54) is 52.3 Å². The van der Waals surface area contributed by atoms with Crippen LogP contribution in [0.5, 0.6) is 0 Å². The summed E-state index contributed by atoms with van der Waals surface area (Å²) in [6.45, 7) is 1.59. The first-order valence-corrected chi connectivity index (χ1v) is 11.3. The second kappa shape index (κ2) is 9.84. The van der Waals surface area contributed by atoms with Crippen LogP contribution in [0.25, 0.3) is 10.2 Å². The van der Waals surface area contributed by atoms with Crippen molar-refractivity contribution in [3.8, 4) is 0 Å². The highest BCUT2D eigenvalue weighted by Crippen LogP contribution is 2.16. The number of esters is 1. The van der Waals surface area contributed by atoms with Gasteiger partial charge in [0, 0.05) is 5.69 Å². The summed E-state index contributed by atoms with van der Waals surface area (Å²) >= 11 is 1.17. The van der Waals surface area contributed by atoms with Crippen molar-refractivity contribution in [1.29, 1.82) is 0 Å². The van der Waals surface area contributed by atoms with Crippen LogP contribution in [-0.2, 0) is 22.6 Å². The summed E-state index contributed by atoms with van der Waals surface area (Å²) in [5, 5.41) is 4.36. The number of aromatic nitrogens is 2. The van der Waals surface area contributed by atoms with Crippen LogP contribution in [0.2, 0.25) is 0 Å². The van der Waals surface area contributed by atoms with Gasteiger partial charge in [-0.3, -0.25) is 18.7 Å². The zero-order valence-corrected chi connectivity index (χ0v) is 18.9. The molecule has 0 radical (unpaired) electrons. The van der Waals surface area contributed by atoms with Gasteiger partial charge in [-0.25, -0.2) is 14.0 Å². The maximum absolute atomic E-state index is 13.2. The molecule has 2 aromatic carbocycles.